The third kappa shape index (κ3) is 2.70. The zero-order chi connectivity index (χ0) is 8.97. The standard InChI is InChI=1S/C10H18N2/c1-9(2)12(3)8-6-10-5-4-7-11-10/h4-5,7,9,11H,6,8H2,1-3H3. The van der Waals surface area contributed by atoms with E-state index >= 15 is 0 Å². The van der Waals surface area contributed by atoms with Crippen molar-refractivity contribution in [3.8, 4) is 0 Å². The Morgan fingerprint density at radius 3 is 2.75 bits per heavy atom. The molecule has 0 saturated heterocycles. The second-order valence-corrected chi connectivity index (χ2v) is 3.52. The molecule has 0 atom stereocenters. The summed E-state index contributed by atoms with van der Waals surface area (Å²) in [5.74, 6) is 0. The molecule has 0 aliphatic heterocycles. The van der Waals surface area contributed by atoms with Gasteiger partial charge < -0.3 is 9.88 Å². The Labute approximate surface area is 74.6 Å². The van der Waals surface area contributed by atoms with E-state index in [0.717, 1.165) is 13.0 Å². The van der Waals surface area contributed by atoms with Gasteiger partial charge in [-0.25, -0.2) is 0 Å². The molecule has 0 spiro atoms. The van der Waals surface area contributed by atoms with Crippen LogP contribution in [0.3, 0.4) is 0 Å². The maximum absolute atomic E-state index is 3.20. The van der Waals surface area contributed by atoms with E-state index in [2.05, 4.69) is 36.8 Å². The minimum atomic E-state index is 0.639. The molecule has 2 heteroatoms. The lowest BCUT2D eigenvalue weighted by atomic mass is 10.2. The number of aromatic nitrogens is 1. The zero-order valence-electron chi connectivity index (χ0n) is 8.17. The summed E-state index contributed by atoms with van der Waals surface area (Å²) in [4.78, 5) is 5.55. The van der Waals surface area contributed by atoms with E-state index in [9.17, 15) is 0 Å². The van der Waals surface area contributed by atoms with Gasteiger partial charge in [-0.2, -0.15) is 0 Å². The minimum Gasteiger partial charge on any atom is -0.365 e. The van der Waals surface area contributed by atoms with Crippen LogP contribution in [0.4, 0.5) is 0 Å². The summed E-state index contributed by atoms with van der Waals surface area (Å²) in [6, 6.07) is 4.82. The number of hydrogen-bond acceptors (Lipinski definition) is 1. The summed E-state index contributed by atoms with van der Waals surface area (Å²) in [6.45, 7) is 5.56. The van der Waals surface area contributed by atoms with Gasteiger partial charge in [0, 0.05) is 30.9 Å². The molecule has 1 N–H and O–H groups in total. The Hall–Kier alpha value is -0.760. The highest BCUT2D eigenvalue weighted by Crippen LogP contribution is 1.99. The predicted octanol–water partition coefficient (Wildman–Crippen LogP) is 1.90. The van der Waals surface area contributed by atoms with E-state index in [1.807, 2.05) is 12.3 Å². The van der Waals surface area contributed by atoms with Crippen LogP contribution in [0.25, 0.3) is 0 Å². The van der Waals surface area contributed by atoms with Crippen LogP contribution in [0.5, 0.6) is 0 Å². The summed E-state index contributed by atoms with van der Waals surface area (Å²) in [6.07, 6.45) is 3.09. The fraction of sp³-hybridized carbons (Fsp3) is 0.600. The summed E-state index contributed by atoms with van der Waals surface area (Å²) >= 11 is 0. The van der Waals surface area contributed by atoms with Gasteiger partial charge in [-0.05, 0) is 33.0 Å². The molecule has 0 amide bonds. The maximum atomic E-state index is 3.20. The minimum absolute atomic E-state index is 0.639. The fourth-order valence-electron chi connectivity index (χ4n) is 1.08. The SMILES string of the molecule is CC(C)N(C)CCc1ccc[nH]1. The molecule has 0 aromatic carbocycles. The zero-order valence-corrected chi connectivity index (χ0v) is 8.17. The van der Waals surface area contributed by atoms with Crippen molar-refractivity contribution in [1.82, 2.24) is 9.88 Å². The van der Waals surface area contributed by atoms with Crippen LogP contribution >= 0.6 is 0 Å². The molecule has 2 nitrogen and oxygen atoms in total. The van der Waals surface area contributed by atoms with Gasteiger partial charge in [-0.3, -0.25) is 0 Å². The van der Waals surface area contributed by atoms with Crippen molar-refractivity contribution in [3.63, 3.8) is 0 Å². The van der Waals surface area contributed by atoms with Crippen molar-refractivity contribution in [1.29, 1.82) is 0 Å². The smallest absolute Gasteiger partial charge is 0.0159 e. The Balaban J connectivity index is 2.27. The van der Waals surface area contributed by atoms with Crippen molar-refractivity contribution in [2.45, 2.75) is 26.3 Å². The van der Waals surface area contributed by atoms with E-state index in [1.165, 1.54) is 5.69 Å². The van der Waals surface area contributed by atoms with Crippen LogP contribution in [0, 0.1) is 0 Å². The van der Waals surface area contributed by atoms with Crippen LogP contribution in [-0.2, 0) is 6.42 Å². The number of aromatic amines is 1. The Kier molecular flexibility index (Phi) is 3.35. The lowest BCUT2D eigenvalue weighted by Crippen LogP contribution is -2.28. The summed E-state index contributed by atoms with van der Waals surface area (Å²) in [5, 5.41) is 0. The highest BCUT2D eigenvalue weighted by atomic mass is 15.1. The topological polar surface area (TPSA) is 19.0 Å². The van der Waals surface area contributed by atoms with Gasteiger partial charge in [-0.15, -0.1) is 0 Å². The largest absolute Gasteiger partial charge is 0.365 e. The van der Waals surface area contributed by atoms with Crippen molar-refractivity contribution in [2.75, 3.05) is 13.6 Å². The third-order valence-corrected chi connectivity index (χ3v) is 2.28. The molecule has 68 valence electrons. The summed E-state index contributed by atoms with van der Waals surface area (Å²) in [5.41, 5.74) is 1.32. The Morgan fingerprint density at radius 2 is 2.25 bits per heavy atom. The lowest BCUT2D eigenvalue weighted by Gasteiger charge is -2.20. The summed E-state index contributed by atoms with van der Waals surface area (Å²) < 4.78 is 0. The van der Waals surface area contributed by atoms with Gasteiger partial charge in [0.1, 0.15) is 0 Å². The van der Waals surface area contributed by atoms with Crippen LogP contribution < -0.4 is 0 Å². The molecule has 1 rings (SSSR count). The number of rotatable bonds is 4. The molecule has 0 aliphatic carbocycles. The van der Waals surface area contributed by atoms with Gasteiger partial charge in [0.2, 0.25) is 0 Å². The van der Waals surface area contributed by atoms with Gasteiger partial charge in [0.15, 0.2) is 0 Å². The molecular weight excluding hydrogens is 148 g/mol. The molecular formula is C10H18N2. The van der Waals surface area contributed by atoms with E-state index in [1.54, 1.807) is 0 Å². The highest BCUT2D eigenvalue weighted by Gasteiger charge is 2.02. The second-order valence-electron chi connectivity index (χ2n) is 3.52. The molecule has 0 unspecified atom stereocenters. The van der Waals surface area contributed by atoms with E-state index in [0.29, 0.717) is 6.04 Å². The highest BCUT2D eigenvalue weighted by molar-refractivity contribution is 5.03. The lowest BCUT2D eigenvalue weighted by molar-refractivity contribution is 0.277. The second kappa shape index (κ2) is 4.31. The molecule has 0 bridgehead atoms. The van der Waals surface area contributed by atoms with Gasteiger partial charge in [0.05, 0.1) is 0 Å². The number of hydrogen-bond donors (Lipinski definition) is 1. The van der Waals surface area contributed by atoms with Gasteiger partial charge >= 0.3 is 0 Å². The third-order valence-electron chi connectivity index (χ3n) is 2.28. The number of nitrogens with one attached hydrogen (secondary N) is 1. The van der Waals surface area contributed by atoms with Crippen molar-refractivity contribution in [2.24, 2.45) is 0 Å². The molecule has 12 heavy (non-hydrogen) atoms. The molecule has 1 aromatic heterocycles. The Bertz CT molecular complexity index is 202. The number of nitrogens with zero attached hydrogens (tertiary/aromatic N) is 1. The van der Waals surface area contributed by atoms with E-state index in [-0.39, 0.29) is 0 Å². The van der Waals surface area contributed by atoms with Crippen molar-refractivity contribution < 1.29 is 0 Å². The Morgan fingerprint density at radius 1 is 1.50 bits per heavy atom. The summed E-state index contributed by atoms with van der Waals surface area (Å²) in [7, 11) is 2.16. The van der Waals surface area contributed by atoms with Crippen LogP contribution in [0.2, 0.25) is 0 Å². The molecule has 0 aliphatic rings. The quantitative estimate of drug-likeness (QED) is 0.723. The van der Waals surface area contributed by atoms with Crippen LogP contribution in [-0.4, -0.2) is 29.5 Å². The van der Waals surface area contributed by atoms with Gasteiger partial charge in [-0.1, -0.05) is 0 Å². The van der Waals surface area contributed by atoms with Crippen molar-refractivity contribution >= 4 is 0 Å². The van der Waals surface area contributed by atoms with Gasteiger partial charge in [0.25, 0.3) is 0 Å². The normalized spacial score (nSPS) is 11.4. The van der Waals surface area contributed by atoms with E-state index < -0.39 is 0 Å². The predicted molar refractivity (Wildman–Crippen MR) is 52.3 cm³/mol. The average molecular weight is 166 g/mol. The molecule has 1 aromatic rings. The van der Waals surface area contributed by atoms with Crippen LogP contribution in [0.1, 0.15) is 19.5 Å². The monoisotopic (exact) mass is 166 g/mol. The van der Waals surface area contributed by atoms with Crippen LogP contribution in [0.15, 0.2) is 18.3 Å². The van der Waals surface area contributed by atoms with E-state index in [4.69, 9.17) is 0 Å². The first-order chi connectivity index (χ1) is 5.70. The molecule has 1 heterocycles. The number of H-pyrrole nitrogens is 1. The molecule has 0 saturated carbocycles. The fourth-order valence-corrected chi connectivity index (χ4v) is 1.08. The van der Waals surface area contributed by atoms with Crippen molar-refractivity contribution in [3.05, 3.63) is 24.0 Å². The average Bonchev–Trinajstić information content (AvgIpc) is 2.51. The first-order valence-electron chi connectivity index (χ1n) is 4.52. The molecule has 0 fully saturated rings. The maximum Gasteiger partial charge on any atom is 0.0159 e. The first-order valence-corrected chi connectivity index (χ1v) is 4.52. The first kappa shape index (κ1) is 9.33. The molecule has 0 radical (unpaired) electrons. The number of likely N-dealkylation sites (N-methyl/N-ethyl adjacent to an activating group) is 1.